The van der Waals surface area contributed by atoms with E-state index in [9.17, 15) is 9.90 Å². The standard InChI is InChI=1S/C13H14N2O2/c1-10-4-2-5-11(8-10)12(13(16)17)9-15-7-3-6-14-15/h2-8,12H,9H2,1H3,(H,16,17). The molecule has 4 nitrogen and oxygen atoms in total. The summed E-state index contributed by atoms with van der Waals surface area (Å²) in [5.74, 6) is -1.39. The Hall–Kier alpha value is -2.10. The molecule has 2 aromatic rings. The maximum absolute atomic E-state index is 11.3. The Bertz CT molecular complexity index is 506. The third kappa shape index (κ3) is 2.72. The van der Waals surface area contributed by atoms with Crippen molar-refractivity contribution in [1.82, 2.24) is 9.78 Å². The van der Waals surface area contributed by atoms with Gasteiger partial charge in [-0.25, -0.2) is 0 Å². The monoisotopic (exact) mass is 230 g/mol. The van der Waals surface area contributed by atoms with Crippen LogP contribution < -0.4 is 0 Å². The number of aromatic nitrogens is 2. The number of hydrogen-bond acceptors (Lipinski definition) is 2. The summed E-state index contributed by atoms with van der Waals surface area (Å²) in [6.45, 7) is 2.31. The minimum absolute atomic E-state index is 0.353. The molecule has 0 aliphatic heterocycles. The molecular weight excluding hydrogens is 216 g/mol. The second-order valence-electron chi connectivity index (χ2n) is 4.03. The summed E-state index contributed by atoms with van der Waals surface area (Å²) < 4.78 is 1.64. The van der Waals surface area contributed by atoms with Crippen molar-refractivity contribution in [3.8, 4) is 0 Å². The van der Waals surface area contributed by atoms with Crippen LogP contribution in [0.4, 0.5) is 0 Å². The van der Waals surface area contributed by atoms with Gasteiger partial charge in [0.05, 0.1) is 6.54 Å². The third-order valence-corrected chi connectivity index (χ3v) is 2.67. The molecule has 1 aromatic heterocycles. The van der Waals surface area contributed by atoms with Crippen LogP contribution in [0.1, 0.15) is 17.0 Å². The van der Waals surface area contributed by atoms with Crippen LogP contribution in [0.15, 0.2) is 42.7 Å². The molecule has 4 heteroatoms. The topological polar surface area (TPSA) is 55.1 Å². The Morgan fingerprint density at radius 3 is 2.88 bits per heavy atom. The number of hydrogen-bond donors (Lipinski definition) is 1. The number of nitrogens with zero attached hydrogens (tertiary/aromatic N) is 2. The molecule has 1 aromatic carbocycles. The van der Waals surface area contributed by atoms with Crippen LogP contribution in [0.5, 0.6) is 0 Å². The van der Waals surface area contributed by atoms with Gasteiger partial charge >= 0.3 is 5.97 Å². The minimum atomic E-state index is -0.828. The zero-order valence-electron chi connectivity index (χ0n) is 9.58. The van der Waals surface area contributed by atoms with Gasteiger partial charge in [0.25, 0.3) is 0 Å². The number of carboxylic acids is 1. The lowest BCUT2D eigenvalue weighted by molar-refractivity contribution is -0.139. The predicted molar refractivity (Wildman–Crippen MR) is 63.8 cm³/mol. The van der Waals surface area contributed by atoms with Gasteiger partial charge in [-0.2, -0.15) is 5.10 Å². The lowest BCUT2D eigenvalue weighted by Gasteiger charge is -2.13. The number of aryl methyl sites for hydroxylation is 1. The van der Waals surface area contributed by atoms with E-state index in [0.29, 0.717) is 6.54 Å². The summed E-state index contributed by atoms with van der Waals surface area (Å²) >= 11 is 0. The normalized spacial score (nSPS) is 12.3. The molecule has 0 saturated carbocycles. The lowest BCUT2D eigenvalue weighted by Crippen LogP contribution is -2.18. The van der Waals surface area contributed by atoms with Crippen molar-refractivity contribution in [2.75, 3.05) is 0 Å². The first kappa shape index (κ1) is 11.4. The van der Waals surface area contributed by atoms with Crippen molar-refractivity contribution in [3.63, 3.8) is 0 Å². The zero-order chi connectivity index (χ0) is 12.3. The molecule has 1 heterocycles. The van der Waals surface area contributed by atoms with E-state index in [0.717, 1.165) is 11.1 Å². The molecular formula is C13H14N2O2. The van der Waals surface area contributed by atoms with E-state index < -0.39 is 11.9 Å². The maximum Gasteiger partial charge on any atom is 0.312 e. The van der Waals surface area contributed by atoms with Gasteiger partial charge in [-0.1, -0.05) is 29.8 Å². The fourth-order valence-electron chi connectivity index (χ4n) is 1.81. The lowest BCUT2D eigenvalue weighted by atomic mass is 9.98. The first-order valence-electron chi connectivity index (χ1n) is 5.43. The number of benzene rings is 1. The Labute approximate surface area is 99.5 Å². The molecule has 0 aliphatic rings. The molecule has 88 valence electrons. The molecule has 0 bridgehead atoms. The van der Waals surface area contributed by atoms with Crippen molar-refractivity contribution in [1.29, 1.82) is 0 Å². The highest BCUT2D eigenvalue weighted by molar-refractivity contribution is 5.76. The molecule has 0 aliphatic carbocycles. The second-order valence-corrected chi connectivity index (χ2v) is 4.03. The van der Waals surface area contributed by atoms with E-state index >= 15 is 0 Å². The summed E-state index contributed by atoms with van der Waals surface area (Å²) in [5.41, 5.74) is 1.88. The summed E-state index contributed by atoms with van der Waals surface area (Å²) in [7, 11) is 0. The number of carboxylic acid groups (broad SMARTS) is 1. The van der Waals surface area contributed by atoms with Gasteiger partial charge in [-0.05, 0) is 18.6 Å². The molecule has 0 amide bonds. The largest absolute Gasteiger partial charge is 0.481 e. The van der Waals surface area contributed by atoms with Gasteiger partial charge in [0.15, 0.2) is 0 Å². The third-order valence-electron chi connectivity index (χ3n) is 2.67. The maximum atomic E-state index is 11.3. The van der Waals surface area contributed by atoms with E-state index in [1.165, 1.54) is 0 Å². The highest BCUT2D eigenvalue weighted by Crippen LogP contribution is 2.19. The van der Waals surface area contributed by atoms with E-state index in [4.69, 9.17) is 0 Å². The van der Waals surface area contributed by atoms with Gasteiger partial charge in [0.1, 0.15) is 5.92 Å². The molecule has 17 heavy (non-hydrogen) atoms. The average molecular weight is 230 g/mol. The summed E-state index contributed by atoms with van der Waals surface area (Å²) in [6, 6.07) is 9.37. The van der Waals surface area contributed by atoms with Gasteiger partial charge < -0.3 is 5.11 Å². The van der Waals surface area contributed by atoms with Gasteiger partial charge in [0.2, 0.25) is 0 Å². The SMILES string of the molecule is Cc1cccc(C(Cn2cccn2)C(=O)O)c1. The molecule has 1 unspecified atom stereocenters. The second kappa shape index (κ2) is 4.82. The molecule has 0 saturated heterocycles. The van der Waals surface area contributed by atoms with Crippen molar-refractivity contribution in [2.45, 2.75) is 19.4 Å². The van der Waals surface area contributed by atoms with E-state index in [2.05, 4.69) is 5.10 Å². The molecule has 1 N–H and O–H groups in total. The highest BCUT2D eigenvalue weighted by atomic mass is 16.4. The summed E-state index contributed by atoms with van der Waals surface area (Å²) in [6.07, 6.45) is 3.42. The number of rotatable bonds is 4. The van der Waals surface area contributed by atoms with E-state index in [1.807, 2.05) is 31.2 Å². The van der Waals surface area contributed by atoms with Crippen LogP contribution in [-0.4, -0.2) is 20.9 Å². The van der Waals surface area contributed by atoms with Crippen LogP contribution in [0.3, 0.4) is 0 Å². The molecule has 0 spiro atoms. The van der Waals surface area contributed by atoms with E-state index in [1.54, 1.807) is 23.1 Å². The Kier molecular flexibility index (Phi) is 3.23. The Morgan fingerprint density at radius 1 is 1.47 bits per heavy atom. The smallest absolute Gasteiger partial charge is 0.312 e. The molecule has 1 atom stereocenters. The van der Waals surface area contributed by atoms with Crippen molar-refractivity contribution in [3.05, 3.63) is 53.9 Å². The zero-order valence-corrected chi connectivity index (χ0v) is 9.58. The van der Waals surface area contributed by atoms with Crippen LogP contribution in [0, 0.1) is 6.92 Å². The average Bonchev–Trinajstić information content (AvgIpc) is 2.78. The van der Waals surface area contributed by atoms with E-state index in [-0.39, 0.29) is 0 Å². The van der Waals surface area contributed by atoms with Crippen LogP contribution in [0.25, 0.3) is 0 Å². The number of carbonyl (C=O) groups is 1. The summed E-state index contributed by atoms with van der Waals surface area (Å²) in [5, 5.41) is 13.3. The number of aliphatic carboxylic acids is 1. The fraction of sp³-hybridized carbons (Fsp3) is 0.231. The molecule has 2 rings (SSSR count). The van der Waals surface area contributed by atoms with Crippen LogP contribution in [0.2, 0.25) is 0 Å². The van der Waals surface area contributed by atoms with Crippen molar-refractivity contribution >= 4 is 5.97 Å². The predicted octanol–water partition coefficient (Wildman–Crippen LogP) is 2.06. The molecule has 0 fully saturated rings. The van der Waals surface area contributed by atoms with Gasteiger partial charge in [0, 0.05) is 12.4 Å². The van der Waals surface area contributed by atoms with Gasteiger partial charge in [-0.3, -0.25) is 9.48 Å². The Balaban J connectivity index is 2.26. The Morgan fingerprint density at radius 2 is 2.29 bits per heavy atom. The highest BCUT2D eigenvalue weighted by Gasteiger charge is 2.20. The quantitative estimate of drug-likeness (QED) is 0.874. The fourth-order valence-corrected chi connectivity index (χ4v) is 1.81. The first-order chi connectivity index (χ1) is 8.16. The van der Waals surface area contributed by atoms with Gasteiger partial charge in [-0.15, -0.1) is 0 Å². The van der Waals surface area contributed by atoms with Crippen molar-refractivity contribution in [2.24, 2.45) is 0 Å². The van der Waals surface area contributed by atoms with Crippen molar-refractivity contribution < 1.29 is 9.90 Å². The molecule has 0 radical (unpaired) electrons. The minimum Gasteiger partial charge on any atom is -0.481 e. The van der Waals surface area contributed by atoms with Crippen LogP contribution >= 0.6 is 0 Å². The first-order valence-corrected chi connectivity index (χ1v) is 5.43. The summed E-state index contributed by atoms with van der Waals surface area (Å²) in [4.78, 5) is 11.3. The van der Waals surface area contributed by atoms with Crippen LogP contribution in [-0.2, 0) is 11.3 Å².